The molecule has 2 amide bonds. The summed E-state index contributed by atoms with van der Waals surface area (Å²) >= 11 is 1.69. The Bertz CT molecular complexity index is 836. The topological polar surface area (TPSA) is 37.3 Å². The van der Waals surface area contributed by atoms with Crippen molar-refractivity contribution >= 4 is 23.1 Å². The summed E-state index contributed by atoms with van der Waals surface area (Å²) in [6.07, 6.45) is 2.09. The second-order valence-electron chi connectivity index (χ2n) is 6.03. The van der Waals surface area contributed by atoms with Crippen molar-refractivity contribution in [3.63, 3.8) is 0 Å². The average Bonchev–Trinajstić information content (AvgIpc) is 3.27. The molecule has 0 bridgehead atoms. The second-order valence-corrected chi connectivity index (χ2v) is 7.01. The fourth-order valence-corrected chi connectivity index (χ4v) is 4.03. The predicted molar refractivity (Wildman–Crippen MR) is 97.5 cm³/mol. The van der Waals surface area contributed by atoms with Crippen LogP contribution in [0.2, 0.25) is 0 Å². The zero-order valence-corrected chi connectivity index (χ0v) is 14.3. The summed E-state index contributed by atoms with van der Waals surface area (Å²) in [5, 5.41) is 5.10. The Morgan fingerprint density at radius 1 is 1.12 bits per heavy atom. The van der Waals surface area contributed by atoms with Crippen molar-refractivity contribution in [1.82, 2.24) is 9.47 Å². The summed E-state index contributed by atoms with van der Waals surface area (Å²) in [4.78, 5) is 16.0. The van der Waals surface area contributed by atoms with Gasteiger partial charge in [-0.1, -0.05) is 23.8 Å². The van der Waals surface area contributed by atoms with Gasteiger partial charge in [0.25, 0.3) is 0 Å². The predicted octanol–water partition coefficient (Wildman–Crippen LogP) is 4.50. The van der Waals surface area contributed by atoms with Crippen LogP contribution < -0.4 is 5.32 Å². The lowest BCUT2D eigenvalue weighted by atomic mass is 10.1. The van der Waals surface area contributed by atoms with E-state index in [-0.39, 0.29) is 12.1 Å². The van der Waals surface area contributed by atoms with Crippen LogP contribution in [0.15, 0.2) is 60.1 Å². The number of carbonyl (C=O) groups excluding carboxylic acids is 1. The third kappa shape index (κ3) is 2.71. The van der Waals surface area contributed by atoms with Gasteiger partial charge in [0.15, 0.2) is 0 Å². The van der Waals surface area contributed by atoms with Gasteiger partial charge in [0.2, 0.25) is 0 Å². The van der Waals surface area contributed by atoms with Crippen molar-refractivity contribution in [2.45, 2.75) is 19.5 Å². The summed E-state index contributed by atoms with van der Waals surface area (Å²) in [7, 11) is 0. The maximum absolute atomic E-state index is 12.9. The van der Waals surface area contributed by atoms with Gasteiger partial charge in [-0.25, -0.2) is 4.79 Å². The fraction of sp³-hybridized carbons (Fsp3) is 0.211. The third-order valence-corrected chi connectivity index (χ3v) is 5.34. The van der Waals surface area contributed by atoms with E-state index in [1.807, 2.05) is 42.2 Å². The van der Waals surface area contributed by atoms with E-state index >= 15 is 0 Å². The van der Waals surface area contributed by atoms with Crippen molar-refractivity contribution in [3.8, 4) is 0 Å². The van der Waals surface area contributed by atoms with Gasteiger partial charge in [0.05, 0.1) is 0 Å². The fourth-order valence-electron chi connectivity index (χ4n) is 3.18. The van der Waals surface area contributed by atoms with Crippen LogP contribution in [0.1, 0.15) is 22.2 Å². The highest BCUT2D eigenvalue weighted by Crippen LogP contribution is 2.35. The molecule has 1 N–H and O–H groups in total. The number of amides is 2. The number of carbonyl (C=O) groups is 1. The number of hydrogen-bond donors (Lipinski definition) is 1. The lowest BCUT2D eigenvalue weighted by Gasteiger charge is -2.36. The zero-order valence-electron chi connectivity index (χ0n) is 13.5. The molecular weight excluding hydrogens is 318 g/mol. The number of nitrogens with zero attached hydrogens (tertiary/aromatic N) is 2. The molecule has 0 radical (unpaired) electrons. The Morgan fingerprint density at radius 3 is 2.71 bits per heavy atom. The highest BCUT2D eigenvalue weighted by molar-refractivity contribution is 7.10. The first-order valence-electron chi connectivity index (χ1n) is 8.05. The second kappa shape index (κ2) is 6.17. The lowest BCUT2D eigenvalue weighted by Crippen LogP contribution is -2.44. The minimum Gasteiger partial charge on any atom is -0.347 e. The molecule has 4 nitrogen and oxygen atoms in total. The number of aryl methyl sites for hydroxylation is 1. The quantitative estimate of drug-likeness (QED) is 0.735. The summed E-state index contributed by atoms with van der Waals surface area (Å²) < 4.78 is 2.24. The first kappa shape index (κ1) is 15.0. The zero-order chi connectivity index (χ0) is 16.5. The normalized spacial score (nSPS) is 16.7. The first-order chi connectivity index (χ1) is 11.7. The Kier molecular flexibility index (Phi) is 3.86. The van der Waals surface area contributed by atoms with Crippen molar-refractivity contribution in [1.29, 1.82) is 0 Å². The van der Waals surface area contributed by atoms with Crippen LogP contribution in [0.25, 0.3) is 0 Å². The molecule has 0 spiro atoms. The highest BCUT2D eigenvalue weighted by atomic mass is 32.1. The summed E-state index contributed by atoms with van der Waals surface area (Å²) in [6, 6.07) is 16.1. The van der Waals surface area contributed by atoms with Crippen molar-refractivity contribution < 1.29 is 4.79 Å². The van der Waals surface area contributed by atoms with Crippen LogP contribution in [0.3, 0.4) is 0 Å². The van der Waals surface area contributed by atoms with E-state index in [2.05, 4.69) is 39.7 Å². The van der Waals surface area contributed by atoms with Crippen molar-refractivity contribution in [2.75, 3.05) is 11.9 Å². The summed E-state index contributed by atoms with van der Waals surface area (Å²) in [5.41, 5.74) is 3.18. The number of benzene rings is 1. The van der Waals surface area contributed by atoms with Crippen LogP contribution in [-0.4, -0.2) is 22.0 Å². The number of hydrogen-bond acceptors (Lipinski definition) is 2. The van der Waals surface area contributed by atoms with E-state index in [9.17, 15) is 4.79 Å². The van der Waals surface area contributed by atoms with Crippen molar-refractivity contribution in [2.24, 2.45) is 0 Å². The molecule has 0 saturated heterocycles. The molecule has 3 aromatic rings. The molecular formula is C19H19N3OS. The molecule has 1 aromatic carbocycles. The number of urea groups is 1. The number of aromatic nitrogens is 1. The van der Waals surface area contributed by atoms with Gasteiger partial charge in [-0.3, -0.25) is 0 Å². The Labute approximate surface area is 145 Å². The number of anilines is 1. The number of fused-ring (bicyclic) bond motifs is 1. The van der Waals surface area contributed by atoms with Crippen LogP contribution in [0.4, 0.5) is 10.5 Å². The van der Waals surface area contributed by atoms with E-state index in [1.54, 1.807) is 11.3 Å². The van der Waals surface area contributed by atoms with Gasteiger partial charge in [0.1, 0.15) is 6.04 Å². The molecule has 122 valence electrons. The van der Waals surface area contributed by atoms with E-state index in [0.717, 1.165) is 12.2 Å². The van der Waals surface area contributed by atoms with Crippen LogP contribution in [-0.2, 0) is 6.54 Å². The van der Waals surface area contributed by atoms with Crippen molar-refractivity contribution in [3.05, 3.63) is 76.2 Å². The number of rotatable bonds is 2. The summed E-state index contributed by atoms with van der Waals surface area (Å²) in [6.45, 7) is 3.56. The van der Waals surface area contributed by atoms with Gasteiger partial charge in [-0.15, -0.1) is 11.3 Å². The van der Waals surface area contributed by atoms with Gasteiger partial charge < -0.3 is 14.8 Å². The van der Waals surface area contributed by atoms with Gasteiger partial charge in [0, 0.05) is 35.5 Å². The molecule has 0 fully saturated rings. The Balaban J connectivity index is 1.63. The molecule has 3 heterocycles. The van der Waals surface area contributed by atoms with Gasteiger partial charge in [-0.05, 0) is 42.6 Å². The first-order valence-corrected chi connectivity index (χ1v) is 8.93. The smallest absolute Gasteiger partial charge is 0.322 e. The third-order valence-electron chi connectivity index (χ3n) is 4.41. The average molecular weight is 337 g/mol. The molecule has 4 rings (SSSR count). The van der Waals surface area contributed by atoms with E-state index in [0.29, 0.717) is 6.54 Å². The molecule has 2 aromatic heterocycles. The molecule has 1 aliphatic rings. The lowest BCUT2D eigenvalue weighted by molar-refractivity contribution is 0.183. The van der Waals surface area contributed by atoms with E-state index in [1.165, 1.54) is 16.1 Å². The Morgan fingerprint density at radius 2 is 1.96 bits per heavy atom. The number of nitrogens with one attached hydrogen (secondary N) is 1. The van der Waals surface area contributed by atoms with Crippen LogP contribution in [0, 0.1) is 6.92 Å². The molecule has 1 aliphatic heterocycles. The van der Waals surface area contributed by atoms with Crippen LogP contribution >= 0.6 is 11.3 Å². The molecule has 0 saturated carbocycles. The molecule has 0 aliphatic carbocycles. The van der Waals surface area contributed by atoms with Gasteiger partial charge in [-0.2, -0.15) is 0 Å². The molecule has 0 unspecified atom stereocenters. The van der Waals surface area contributed by atoms with Gasteiger partial charge >= 0.3 is 6.03 Å². The Hall–Kier alpha value is -2.53. The van der Waals surface area contributed by atoms with E-state index < -0.39 is 0 Å². The molecule has 24 heavy (non-hydrogen) atoms. The minimum atomic E-state index is -0.0512. The van der Waals surface area contributed by atoms with E-state index in [4.69, 9.17) is 0 Å². The standard InChI is InChI=1S/C19H19N3OS/c1-14-6-8-15(9-7-14)20-19(23)22-12-11-21-10-2-4-16(21)18(22)17-5-3-13-24-17/h2-10,13,18H,11-12H2,1H3,(H,20,23)/t18-/m1/s1. The molecule has 1 atom stereocenters. The number of thiophene rings is 1. The monoisotopic (exact) mass is 337 g/mol. The van der Waals surface area contributed by atoms with Crippen LogP contribution in [0.5, 0.6) is 0 Å². The molecule has 5 heteroatoms. The minimum absolute atomic E-state index is 0.0285. The highest BCUT2D eigenvalue weighted by Gasteiger charge is 2.32. The summed E-state index contributed by atoms with van der Waals surface area (Å²) in [5.74, 6) is 0. The largest absolute Gasteiger partial charge is 0.347 e. The maximum atomic E-state index is 12.9. The maximum Gasteiger partial charge on any atom is 0.322 e. The SMILES string of the molecule is Cc1ccc(NC(=O)N2CCn3cccc3[C@@H]2c2cccs2)cc1.